The Hall–Kier alpha value is -1.89. The molecule has 6 nitrogen and oxygen atoms in total. The van der Waals surface area contributed by atoms with Crippen molar-refractivity contribution >= 4 is 17.4 Å². The maximum absolute atomic E-state index is 4.60. The topological polar surface area (TPSA) is 60.9 Å². The van der Waals surface area contributed by atoms with Crippen molar-refractivity contribution in [1.82, 2.24) is 29.6 Å². The molecule has 0 aliphatic heterocycles. The SMILES string of the molecule is c1ccn2cc(CSc3nnnn3C3CCCC3)nc2c1. The third-order valence-electron chi connectivity index (χ3n) is 3.90. The van der Waals surface area contributed by atoms with Gasteiger partial charge in [0.25, 0.3) is 0 Å². The molecule has 3 aromatic rings. The molecule has 0 saturated heterocycles. The monoisotopic (exact) mass is 300 g/mol. The second-order valence-corrected chi connectivity index (χ2v) is 6.27. The van der Waals surface area contributed by atoms with Crippen molar-refractivity contribution in [1.29, 1.82) is 0 Å². The molecule has 1 aliphatic carbocycles. The van der Waals surface area contributed by atoms with E-state index in [0.717, 1.165) is 22.3 Å². The Kier molecular flexibility index (Phi) is 3.34. The first-order chi connectivity index (χ1) is 10.4. The summed E-state index contributed by atoms with van der Waals surface area (Å²) in [7, 11) is 0. The molecule has 3 heterocycles. The number of nitrogens with zero attached hydrogens (tertiary/aromatic N) is 6. The van der Waals surface area contributed by atoms with E-state index in [9.17, 15) is 0 Å². The van der Waals surface area contributed by atoms with Gasteiger partial charge in [0.05, 0.1) is 11.7 Å². The minimum Gasteiger partial charge on any atom is -0.307 e. The van der Waals surface area contributed by atoms with Crippen LogP contribution in [-0.2, 0) is 5.75 Å². The average molecular weight is 300 g/mol. The number of tetrazole rings is 1. The molecule has 0 aromatic carbocycles. The van der Waals surface area contributed by atoms with Crippen LogP contribution in [0.25, 0.3) is 5.65 Å². The maximum atomic E-state index is 4.60. The van der Waals surface area contributed by atoms with E-state index >= 15 is 0 Å². The molecule has 3 aromatic heterocycles. The first-order valence-corrected chi connectivity index (χ1v) is 8.22. The fourth-order valence-corrected chi connectivity index (χ4v) is 3.68. The number of hydrogen-bond donors (Lipinski definition) is 0. The molecule has 4 rings (SSSR count). The van der Waals surface area contributed by atoms with Gasteiger partial charge in [-0.3, -0.25) is 0 Å². The Bertz CT molecular complexity index is 710. The number of thioether (sulfide) groups is 1. The van der Waals surface area contributed by atoms with Crippen LogP contribution in [0.5, 0.6) is 0 Å². The highest BCUT2D eigenvalue weighted by atomic mass is 32.2. The van der Waals surface area contributed by atoms with Gasteiger partial charge in [-0.25, -0.2) is 9.67 Å². The molecule has 1 aliphatic rings. The van der Waals surface area contributed by atoms with Crippen molar-refractivity contribution < 1.29 is 0 Å². The van der Waals surface area contributed by atoms with Crippen LogP contribution in [-0.4, -0.2) is 29.6 Å². The number of pyridine rings is 1. The lowest BCUT2D eigenvalue weighted by Gasteiger charge is -2.10. The number of fused-ring (bicyclic) bond motifs is 1. The second-order valence-electron chi connectivity index (χ2n) is 5.33. The lowest BCUT2D eigenvalue weighted by atomic mass is 10.3. The zero-order valence-electron chi connectivity index (χ0n) is 11.6. The largest absolute Gasteiger partial charge is 0.307 e. The van der Waals surface area contributed by atoms with Gasteiger partial charge in [0.1, 0.15) is 5.65 Å². The Morgan fingerprint density at radius 2 is 2.14 bits per heavy atom. The van der Waals surface area contributed by atoms with Gasteiger partial charge in [-0.1, -0.05) is 30.7 Å². The molecule has 21 heavy (non-hydrogen) atoms. The number of rotatable bonds is 4. The fraction of sp³-hybridized carbons (Fsp3) is 0.429. The van der Waals surface area contributed by atoms with Crippen molar-refractivity contribution in [2.75, 3.05) is 0 Å². The summed E-state index contributed by atoms with van der Waals surface area (Å²) in [6.07, 6.45) is 9.01. The van der Waals surface area contributed by atoms with E-state index in [1.807, 2.05) is 33.5 Å². The molecule has 0 unspecified atom stereocenters. The van der Waals surface area contributed by atoms with Gasteiger partial charge >= 0.3 is 0 Å². The molecule has 1 fully saturated rings. The summed E-state index contributed by atoms with van der Waals surface area (Å²) in [6.45, 7) is 0. The van der Waals surface area contributed by atoms with Crippen LogP contribution < -0.4 is 0 Å². The first kappa shape index (κ1) is 12.8. The van der Waals surface area contributed by atoms with E-state index in [4.69, 9.17) is 0 Å². The molecule has 7 heteroatoms. The van der Waals surface area contributed by atoms with Gasteiger partial charge in [0, 0.05) is 18.1 Å². The molecular formula is C14H16N6S. The Labute approximate surface area is 126 Å². The third-order valence-corrected chi connectivity index (χ3v) is 4.86. The van der Waals surface area contributed by atoms with Crippen LogP contribution in [0, 0.1) is 0 Å². The van der Waals surface area contributed by atoms with Gasteiger partial charge in [0.15, 0.2) is 0 Å². The Balaban J connectivity index is 1.50. The highest BCUT2D eigenvalue weighted by Gasteiger charge is 2.21. The normalized spacial score (nSPS) is 16.0. The van der Waals surface area contributed by atoms with Gasteiger partial charge < -0.3 is 4.40 Å². The highest BCUT2D eigenvalue weighted by molar-refractivity contribution is 7.98. The molecule has 0 radical (unpaired) electrons. The zero-order chi connectivity index (χ0) is 14.1. The smallest absolute Gasteiger partial charge is 0.209 e. The maximum Gasteiger partial charge on any atom is 0.209 e. The predicted molar refractivity (Wildman–Crippen MR) is 80.1 cm³/mol. The van der Waals surface area contributed by atoms with E-state index in [0.29, 0.717) is 6.04 Å². The number of hydrogen-bond acceptors (Lipinski definition) is 5. The highest BCUT2D eigenvalue weighted by Crippen LogP contribution is 2.32. The molecule has 1 saturated carbocycles. The summed E-state index contributed by atoms with van der Waals surface area (Å²) in [5.41, 5.74) is 2.02. The number of imidazole rings is 1. The fourth-order valence-electron chi connectivity index (χ4n) is 2.85. The quantitative estimate of drug-likeness (QED) is 0.693. The summed E-state index contributed by atoms with van der Waals surface area (Å²) < 4.78 is 4.03. The van der Waals surface area contributed by atoms with Crippen molar-refractivity contribution in [2.45, 2.75) is 42.6 Å². The van der Waals surface area contributed by atoms with E-state index in [1.165, 1.54) is 25.7 Å². The summed E-state index contributed by atoms with van der Waals surface area (Å²) in [5.74, 6) is 0.786. The minimum atomic E-state index is 0.476. The molecule has 0 N–H and O–H groups in total. The van der Waals surface area contributed by atoms with Crippen LogP contribution >= 0.6 is 11.8 Å². The van der Waals surface area contributed by atoms with Crippen molar-refractivity contribution in [3.63, 3.8) is 0 Å². The van der Waals surface area contributed by atoms with E-state index in [-0.39, 0.29) is 0 Å². The standard InChI is InChI=1S/C14H16N6S/c1-2-6-12(5-1)20-14(16-17-18-20)21-10-11-9-19-8-4-3-7-13(19)15-11/h3-4,7-9,12H,1-2,5-6,10H2. The third kappa shape index (κ3) is 2.53. The van der Waals surface area contributed by atoms with E-state index in [2.05, 4.69) is 26.7 Å². The zero-order valence-corrected chi connectivity index (χ0v) is 12.4. The van der Waals surface area contributed by atoms with Crippen molar-refractivity contribution in [3.05, 3.63) is 36.3 Å². The van der Waals surface area contributed by atoms with Crippen molar-refractivity contribution in [2.24, 2.45) is 0 Å². The Morgan fingerprint density at radius 1 is 1.24 bits per heavy atom. The lowest BCUT2D eigenvalue weighted by molar-refractivity contribution is 0.423. The predicted octanol–water partition coefficient (Wildman–Crippen LogP) is 2.73. The molecule has 0 spiro atoms. The second kappa shape index (κ2) is 5.48. The summed E-state index contributed by atoms with van der Waals surface area (Å²) in [4.78, 5) is 4.60. The molecule has 0 atom stereocenters. The summed E-state index contributed by atoms with van der Waals surface area (Å²) in [5, 5.41) is 13.1. The minimum absolute atomic E-state index is 0.476. The Morgan fingerprint density at radius 3 is 3.00 bits per heavy atom. The molecular weight excluding hydrogens is 284 g/mol. The summed E-state index contributed by atoms with van der Waals surface area (Å²) >= 11 is 1.66. The van der Waals surface area contributed by atoms with Gasteiger partial charge in [0.2, 0.25) is 5.16 Å². The van der Waals surface area contributed by atoms with Crippen molar-refractivity contribution in [3.8, 4) is 0 Å². The number of aromatic nitrogens is 6. The van der Waals surface area contributed by atoms with Crippen LogP contribution in [0.2, 0.25) is 0 Å². The molecule has 0 bridgehead atoms. The van der Waals surface area contributed by atoms with Crippen LogP contribution in [0.15, 0.2) is 35.7 Å². The first-order valence-electron chi connectivity index (χ1n) is 7.23. The van der Waals surface area contributed by atoms with Gasteiger partial charge in [-0.05, 0) is 35.4 Å². The van der Waals surface area contributed by atoms with Gasteiger partial charge in [-0.2, -0.15) is 0 Å². The van der Waals surface area contributed by atoms with E-state index < -0.39 is 0 Å². The van der Waals surface area contributed by atoms with Crippen LogP contribution in [0.1, 0.15) is 37.4 Å². The van der Waals surface area contributed by atoms with E-state index in [1.54, 1.807) is 11.8 Å². The summed E-state index contributed by atoms with van der Waals surface area (Å²) in [6, 6.07) is 6.49. The van der Waals surface area contributed by atoms with Crippen LogP contribution in [0.4, 0.5) is 0 Å². The lowest BCUT2D eigenvalue weighted by Crippen LogP contribution is -2.08. The molecule has 108 valence electrons. The van der Waals surface area contributed by atoms with Crippen LogP contribution in [0.3, 0.4) is 0 Å². The average Bonchev–Trinajstić information content (AvgIpc) is 3.23. The molecule has 0 amide bonds. The van der Waals surface area contributed by atoms with Gasteiger partial charge in [-0.15, -0.1) is 5.10 Å².